The summed E-state index contributed by atoms with van der Waals surface area (Å²) < 4.78 is 5.64. The quantitative estimate of drug-likeness (QED) is 0.819. The van der Waals surface area contributed by atoms with Crippen molar-refractivity contribution < 1.29 is 9.53 Å². The summed E-state index contributed by atoms with van der Waals surface area (Å²) in [7, 11) is 0. The van der Waals surface area contributed by atoms with E-state index < -0.39 is 6.10 Å². The van der Waals surface area contributed by atoms with Gasteiger partial charge in [0.05, 0.1) is 5.69 Å². The van der Waals surface area contributed by atoms with E-state index in [0.29, 0.717) is 17.5 Å². The number of hydrogen-bond donors (Lipinski definition) is 2. The fourth-order valence-corrected chi connectivity index (χ4v) is 2.41. The second-order valence-electron chi connectivity index (χ2n) is 5.29. The Morgan fingerprint density at radius 1 is 1.42 bits per heavy atom. The average molecular weight is 262 g/mol. The van der Waals surface area contributed by atoms with Crippen molar-refractivity contribution in [2.24, 2.45) is 0 Å². The molecule has 4 heteroatoms. The molecule has 1 unspecified atom stereocenters. The Hall–Kier alpha value is -1.71. The molecule has 0 aliphatic heterocycles. The summed E-state index contributed by atoms with van der Waals surface area (Å²) in [5, 5.41) is 3.02. The van der Waals surface area contributed by atoms with Crippen molar-refractivity contribution in [3.63, 3.8) is 0 Å². The highest BCUT2D eigenvalue weighted by atomic mass is 16.5. The number of amides is 1. The van der Waals surface area contributed by atoms with Crippen molar-refractivity contribution >= 4 is 11.6 Å². The van der Waals surface area contributed by atoms with Crippen molar-refractivity contribution in [3.05, 3.63) is 23.8 Å². The van der Waals surface area contributed by atoms with Gasteiger partial charge in [-0.3, -0.25) is 4.79 Å². The molecule has 1 aromatic rings. The fourth-order valence-electron chi connectivity index (χ4n) is 2.41. The summed E-state index contributed by atoms with van der Waals surface area (Å²) in [6.07, 6.45) is 4.03. The topological polar surface area (TPSA) is 64.3 Å². The summed E-state index contributed by atoms with van der Waals surface area (Å²) in [6, 6.07) is 5.89. The Bertz CT molecular complexity index is 453. The average Bonchev–Trinajstić information content (AvgIpc) is 2.85. The maximum absolute atomic E-state index is 12.0. The van der Waals surface area contributed by atoms with Crippen LogP contribution in [-0.2, 0) is 4.79 Å². The van der Waals surface area contributed by atoms with Crippen LogP contribution in [0, 0.1) is 6.92 Å². The van der Waals surface area contributed by atoms with E-state index in [1.54, 1.807) is 6.92 Å². The predicted molar refractivity (Wildman–Crippen MR) is 76.1 cm³/mol. The van der Waals surface area contributed by atoms with E-state index >= 15 is 0 Å². The SMILES string of the molecule is Cc1ccc(OC(C)C(=O)NC2CCCC2)c(N)c1. The molecule has 1 aromatic carbocycles. The van der Waals surface area contributed by atoms with Gasteiger partial charge in [0.2, 0.25) is 0 Å². The summed E-state index contributed by atoms with van der Waals surface area (Å²) in [5.41, 5.74) is 7.52. The molecule has 3 N–H and O–H groups in total. The number of nitrogens with one attached hydrogen (secondary N) is 1. The standard InChI is InChI=1S/C15H22N2O2/c1-10-7-8-14(13(16)9-10)19-11(2)15(18)17-12-5-3-4-6-12/h7-9,11-12H,3-6,16H2,1-2H3,(H,17,18). The molecule has 4 nitrogen and oxygen atoms in total. The molecule has 0 aromatic heterocycles. The molecule has 19 heavy (non-hydrogen) atoms. The Balaban J connectivity index is 1.92. The first-order valence-corrected chi connectivity index (χ1v) is 6.89. The van der Waals surface area contributed by atoms with Crippen molar-refractivity contribution in [2.75, 3.05) is 5.73 Å². The molecular weight excluding hydrogens is 240 g/mol. The first kappa shape index (κ1) is 13.7. The number of nitrogens with two attached hydrogens (primary N) is 1. The number of carbonyl (C=O) groups excluding carboxylic acids is 1. The lowest BCUT2D eigenvalue weighted by Crippen LogP contribution is -2.41. The minimum Gasteiger partial charge on any atom is -0.479 e. The first-order valence-electron chi connectivity index (χ1n) is 6.89. The van der Waals surface area contributed by atoms with Gasteiger partial charge in [0, 0.05) is 6.04 Å². The van der Waals surface area contributed by atoms with E-state index in [0.717, 1.165) is 18.4 Å². The van der Waals surface area contributed by atoms with Crippen molar-refractivity contribution in [1.29, 1.82) is 0 Å². The van der Waals surface area contributed by atoms with Crippen LogP contribution in [0.4, 0.5) is 5.69 Å². The number of ether oxygens (including phenoxy) is 1. The molecule has 1 fully saturated rings. The van der Waals surface area contributed by atoms with Crippen molar-refractivity contribution in [2.45, 2.75) is 51.7 Å². The lowest BCUT2D eigenvalue weighted by atomic mass is 10.2. The van der Waals surface area contributed by atoms with E-state index in [-0.39, 0.29) is 5.91 Å². The number of nitrogen functional groups attached to an aromatic ring is 1. The monoisotopic (exact) mass is 262 g/mol. The number of benzene rings is 1. The highest BCUT2D eigenvalue weighted by molar-refractivity contribution is 5.81. The minimum atomic E-state index is -0.523. The normalized spacial score (nSPS) is 17.2. The smallest absolute Gasteiger partial charge is 0.260 e. The van der Waals surface area contributed by atoms with Crippen LogP contribution in [0.1, 0.15) is 38.2 Å². The molecular formula is C15H22N2O2. The highest BCUT2D eigenvalue weighted by Gasteiger charge is 2.22. The zero-order valence-electron chi connectivity index (χ0n) is 11.6. The van der Waals surface area contributed by atoms with Gasteiger partial charge in [-0.05, 0) is 44.4 Å². The Morgan fingerprint density at radius 3 is 2.74 bits per heavy atom. The Morgan fingerprint density at radius 2 is 2.11 bits per heavy atom. The zero-order chi connectivity index (χ0) is 13.8. The molecule has 1 atom stereocenters. The van der Waals surface area contributed by atoms with Crippen LogP contribution in [0.3, 0.4) is 0 Å². The fraction of sp³-hybridized carbons (Fsp3) is 0.533. The second-order valence-corrected chi connectivity index (χ2v) is 5.29. The first-order chi connectivity index (χ1) is 9.06. The van der Waals surface area contributed by atoms with E-state index in [1.165, 1.54) is 12.8 Å². The molecule has 1 amide bonds. The molecule has 0 heterocycles. The van der Waals surface area contributed by atoms with Crippen LogP contribution in [0.5, 0.6) is 5.75 Å². The van der Waals surface area contributed by atoms with Crippen LogP contribution in [-0.4, -0.2) is 18.1 Å². The summed E-state index contributed by atoms with van der Waals surface area (Å²) >= 11 is 0. The summed E-state index contributed by atoms with van der Waals surface area (Å²) in [5.74, 6) is 0.506. The van der Waals surface area contributed by atoms with E-state index in [4.69, 9.17) is 10.5 Å². The number of hydrogen-bond acceptors (Lipinski definition) is 3. The molecule has 1 aliphatic carbocycles. The molecule has 1 saturated carbocycles. The molecule has 2 rings (SSSR count). The second kappa shape index (κ2) is 5.95. The minimum absolute atomic E-state index is 0.0631. The third-order valence-electron chi connectivity index (χ3n) is 3.54. The van der Waals surface area contributed by atoms with Gasteiger partial charge in [-0.2, -0.15) is 0 Å². The largest absolute Gasteiger partial charge is 0.479 e. The summed E-state index contributed by atoms with van der Waals surface area (Å²) in [4.78, 5) is 12.0. The van der Waals surface area contributed by atoms with Gasteiger partial charge in [0.25, 0.3) is 5.91 Å². The van der Waals surface area contributed by atoms with E-state index in [1.807, 2.05) is 25.1 Å². The molecule has 0 radical (unpaired) electrons. The van der Waals surface area contributed by atoms with Gasteiger partial charge in [-0.25, -0.2) is 0 Å². The number of anilines is 1. The zero-order valence-corrected chi connectivity index (χ0v) is 11.6. The Labute approximate surface area is 114 Å². The van der Waals surface area contributed by atoms with Crippen LogP contribution in [0.25, 0.3) is 0 Å². The number of carbonyl (C=O) groups is 1. The van der Waals surface area contributed by atoms with Crippen LogP contribution < -0.4 is 15.8 Å². The van der Waals surface area contributed by atoms with Crippen molar-refractivity contribution in [3.8, 4) is 5.75 Å². The van der Waals surface area contributed by atoms with Crippen LogP contribution in [0.2, 0.25) is 0 Å². The van der Waals surface area contributed by atoms with Gasteiger partial charge in [-0.1, -0.05) is 18.9 Å². The third-order valence-corrected chi connectivity index (χ3v) is 3.54. The number of rotatable bonds is 4. The van der Waals surface area contributed by atoms with E-state index in [9.17, 15) is 4.79 Å². The lowest BCUT2D eigenvalue weighted by molar-refractivity contribution is -0.127. The third kappa shape index (κ3) is 3.63. The molecule has 0 bridgehead atoms. The van der Waals surface area contributed by atoms with Gasteiger partial charge in [-0.15, -0.1) is 0 Å². The van der Waals surface area contributed by atoms with Crippen LogP contribution >= 0.6 is 0 Å². The molecule has 1 aliphatic rings. The highest BCUT2D eigenvalue weighted by Crippen LogP contribution is 2.23. The van der Waals surface area contributed by atoms with Gasteiger partial charge >= 0.3 is 0 Å². The maximum atomic E-state index is 12.0. The summed E-state index contributed by atoms with van der Waals surface area (Å²) in [6.45, 7) is 3.72. The van der Waals surface area contributed by atoms with Crippen molar-refractivity contribution in [1.82, 2.24) is 5.32 Å². The Kier molecular flexibility index (Phi) is 4.30. The molecule has 0 spiro atoms. The lowest BCUT2D eigenvalue weighted by Gasteiger charge is -2.19. The maximum Gasteiger partial charge on any atom is 0.260 e. The van der Waals surface area contributed by atoms with Gasteiger partial charge in [0.1, 0.15) is 5.75 Å². The van der Waals surface area contributed by atoms with Gasteiger partial charge in [0.15, 0.2) is 6.10 Å². The van der Waals surface area contributed by atoms with Gasteiger partial charge < -0.3 is 15.8 Å². The van der Waals surface area contributed by atoms with E-state index in [2.05, 4.69) is 5.32 Å². The van der Waals surface area contributed by atoms with Crippen LogP contribution in [0.15, 0.2) is 18.2 Å². The molecule has 0 saturated heterocycles. The number of aryl methyl sites for hydroxylation is 1. The predicted octanol–water partition coefficient (Wildman–Crippen LogP) is 2.40. The molecule has 104 valence electrons.